The first kappa shape index (κ1) is 19.7. The standard InChI is InChI=1S/C22H22N4O4S/c1-14(23-20-16-6-2-5-9-19(16)31(28,29)25-20)22(27)26-12-10-15(11-13-26)21-24-17-7-3-4-8-18(17)30-21/h2-9,14-15H,10-13H2,1H3,(H,23,25). The SMILES string of the molecule is CC(N=C1NS(=O)(=O)c2ccccc21)C(=O)N1CCC(c2nc3ccccc3o2)CC1. The van der Waals surface area contributed by atoms with Crippen molar-refractivity contribution in [3.05, 3.63) is 60.0 Å². The molecule has 2 aromatic carbocycles. The minimum Gasteiger partial charge on any atom is -0.440 e. The van der Waals surface area contributed by atoms with Gasteiger partial charge < -0.3 is 9.32 Å². The van der Waals surface area contributed by atoms with Crippen molar-refractivity contribution in [2.45, 2.75) is 36.6 Å². The van der Waals surface area contributed by atoms with Gasteiger partial charge in [0.05, 0.1) is 4.90 Å². The molecule has 1 aromatic heterocycles. The van der Waals surface area contributed by atoms with Crippen molar-refractivity contribution in [1.29, 1.82) is 0 Å². The highest BCUT2D eigenvalue weighted by molar-refractivity contribution is 7.90. The molecule has 0 spiro atoms. The van der Waals surface area contributed by atoms with Crippen molar-refractivity contribution in [1.82, 2.24) is 14.6 Å². The Morgan fingerprint density at radius 2 is 1.87 bits per heavy atom. The summed E-state index contributed by atoms with van der Waals surface area (Å²) in [4.78, 5) is 23.9. The Morgan fingerprint density at radius 3 is 2.65 bits per heavy atom. The summed E-state index contributed by atoms with van der Waals surface area (Å²) in [5.74, 6) is 0.995. The number of amidine groups is 1. The maximum Gasteiger partial charge on any atom is 0.263 e. The zero-order valence-corrected chi connectivity index (χ0v) is 17.8. The number of oxazole rings is 1. The molecule has 2 aliphatic heterocycles. The largest absolute Gasteiger partial charge is 0.440 e. The van der Waals surface area contributed by atoms with Crippen LogP contribution in [0, 0.1) is 0 Å². The van der Waals surface area contributed by atoms with Gasteiger partial charge in [0.2, 0.25) is 5.91 Å². The molecule has 1 saturated heterocycles. The smallest absolute Gasteiger partial charge is 0.263 e. The number of amides is 1. The van der Waals surface area contributed by atoms with E-state index in [-0.39, 0.29) is 22.6 Å². The van der Waals surface area contributed by atoms with Crippen LogP contribution < -0.4 is 4.72 Å². The third-order valence-corrected chi connectivity index (χ3v) is 7.21. The lowest BCUT2D eigenvalue weighted by atomic mass is 9.96. The van der Waals surface area contributed by atoms with Crippen molar-refractivity contribution in [2.24, 2.45) is 4.99 Å². The van der Waals surface area contributed by atoms with E-state index in [9.17, 15) is 13.2 Å². The van der Waals surface area contributed by atoms with Gasteiger partial charge in [0.25, 0.3) is 10.0 Å². The number of aromatic nitrogens is 1. The average Bonchev–Trinajstić information content (AvgIpc) is 3.32. The minimum absolute atomic E-state index is 0.118. The van der Waals surface area contributed by atoms with Crippen molar-refractivity contribution in [3.63, 3.8) is 0 Å². The summed E-state index contributed by atoms with van der Waals surface area (Å²) in [6, 6.07) is 13.6. The van der Waals surface area contributed by atoms with E-state index in [1.54, 1.807) is 30.0 Å². The molecule has 3 heterocycles. The van der Waals surface area contributed by atoms with Crippen molar-refractivity contribution >= 4 is 32.9 Å². The predicted molar refractivity (Wildman–Crippen MR) is 115 cm³/mol. The van der Waals surface area contributed by atoms with Gasteiger partial charge >= 0.3 is 0 Å². The maximum atomic E-state index is 12.9. The predicted octanol–water partition coefficient (Wildman–Crippen LogP) is 2.66. The molecule has 2 aliphatic rings. The molecule has 1 fully saturated rings. The Kier molecular flexibility index (Phi) is 4.77. The van der Waals surface area contributed by atoms with Gasteiger partial charge in [-0.15, -0.1) is 0 Å². The van der Waals surface area contributed by atoms with Crippen LogP contribution in [0.25, 0.3) is 11.1 Å². The summed E-state index contributed by atoms with van der Waals surface area (Å²) >= 11 is 0. The van der Waals surface area contributed by atoms with Crippen LogP contribution in [0.5, 0.6) is 0 Å². The third-order valence-electron chi connectivity index (χ3n) is 5.81. The molecule has 9 heteroatoms. The summed E-state index contributed by atoms with van der Waals surface area (Å²) < 4.78 is 32.8. The molecule has 8 nitrogen and oxygen atoms in total. The van der Waals surface area contributed by atoms with E-state index < -0.39 is 16.1 Å². The number of hydrogen-bond donors (Lipinski definition) is 1. The summed E-state index contributed by atoms with van der Waals surface area (Å²) in [7, 11) is -3.62. The molecule has 3 aromatic rings. The quantitative estimate of drug-likeness (QED) is 0.677. The van der Waals surface area contributed by atoms with Gasteiger partial charge in [-0.3, -0.25) is 14.5 Å². The number of nitrogens with zero attached hydrogens (tertiary/aromatic N) is 3. The Bertz CT molecular complexity index is 1260. The Balaban J connectivity index is 1.27. The van der Waals surface area contributed by atoms with E-state index >= 15 is 0 Å². The number of carbonyl (C=O) groups excluding carboxylic acids is 1. The second kappa shape index (κ2) is 7.49. The van der Waals surface area contributed by atoms with Gasteiger partial charge in [-0.1, -0.05) is 24.3 Å². The molecule has 0 aliphatic carbocycles. The number of hydrogen-bond acceptors (Lipinski definition) is 6. The number of rotatable bonds is 3. The fourth-order valence-corrected chi connectivity index (χ4v) is 5.39. The second-order valence-corrected chi connectivity index (χ2v) is 9.53. The van der Waals surface area contributed by atoms with Gasteiger partial charge in [-0.05, 0) is 44.0 Å². The molecule has 1 amide bonds. The number of likely N-dealkylation sites (tertiary alicyclic amines) is 1. The zero-order valence-electron chi connectivity index (χ0n) is 17.0. The van der Waals surface area contributed by atoms with Crippen LogP contribution in [0.3, 0.4) is 0 Å². The van der Waals surface area contributed by atoms with Crippen molar-refractivity contribution in [2.75, 3.05) is 13.1 Å². The van der Waals surface area contributed by atoms with Gasteiger partial charge in [0.15, 0.2) is 11.5 Å². The lowest BCUT2D eigenvalue weighted by Crippen LogP contribution is -2.42. The molecule has 5 rings (SSSR count). The normalized spacial score (nSPS) is 20.5. The fourth-order valence-electron chi connectivity index (χ4n) is 4.15. The third kappa shape index (κ3) is 3.59. The van der Waals surface area contributed by atoms with Crippen molar-refractivity contribution in [3.8, 4) is 0 Å². The minimum atomic E-state index is -3.62. The molecule has 0 bridgehead atoms. The van der Waals surface area contributed by atoms with Crippen LogP contribution in [-0.2, 0) is 14.8 Å². The Hall–Kier alpha value is -3.20. The number of nitrogens with one attached hydrogen (secondary N) is 1. The van der Waals surface area contributed by atoms with Gasteiger partial charge in [-0.25, -0.2) is 13.4 Å². The number of fused-ring (bicyclic) bond motifs is 2. The van der Waals surface area contributed by atoms with Gasteiger partial charge in [0, 0.05) is 24.6 Å². The van der Waals surface area contributed by atoms with Crippen LogP contribution in [-0.4, -0.2) is 49.2 Å². The number of aliphatic imine (C=N–C) groups is 1. The van der Waals surface area contributed by atoms with Crippen LogP contribution in [0.1, 0.15) is 37.1 Å². The lowest BCUT2D eigenvalue weighted by molar-refractivity contribution is -0.133. The van der Waals surface area contributed by atoms with E-state index in [4.69, 9.17) is 4.42 Å². The van der Waals surface area contributed by atoms with Crippen molar-refractivity contribution < 1.29 is 17.6 Å². The first-order valence-electron chi connectivity index (χ1n) is 10.3. The Morgan fingerprint density at radius 1 is 1.16 bits per heavy atom. The molecule has 1 N–H and O–H groups in total. The van der Waals surface area contributed by atoms with E-state index in [0.29, 0.717) is 18.7 Å². The van der Waals surface area contributed by atoms with Gasteiger partial charge in [-0.2, -0.15) is 0 Å². The number of benzene rings is 2. The molecule has 0 radical (unpaired) electrons. The molecular weight excluding hydrogens is 416 g/mol. The van der Waals surface area contributed by atoms with Crippen LogP contribution in [0.4, 0.5) is 0 Å². The monoisotopic (exact) mass is 438 g/mol. The van der Waals surface area contributed by atoms with Crippen LogP contribution >= 0.6 is 0 Å². The first-order valence-corrected chi connectivity index (χ1v) is 11.7. The highest BCUT2D eigenvalue weighted by atomic mass is 32.2. The highest BCUT2D eigenvalue weighted by Crippen LogP contribution is 2.30. The Labute approximate surface area is 180 Å². The number of sulfonamides is 1. The first-order chi connectivity index (χ1) is 14.9. The summed E-state index contributed by atoms with van der Waals surface area (Å²) in [5, 5.41) is 0. The van der Waals surface area contributed by atoms with Gasteiger partial charge in [0.1, 0.15) is 17.4 Å². The summed E-state index contributed by atoms with van der Waals surface area (Å²) in [6.45, 7) is 2.86. The van der Waals surface area contributed by atoms with Crippen LogP contribution in [0.2, 0.25) is 0 Å². The van der Waals surface area contributed by atoms with E-state index in [1.165, 1.54) is 6.07 Å². The molecule has 31 heavy (non-hydrogen) atoms. The molecular formula is C22H22N4O4S. The maximum absolute atomic E-state index is 12.9. The molecule has 1 atom stereocenters. The molecule has 160 valence electrons. The number of para-hydroxylation sites is 2. The molecule has 0 saturated carbocycles. The second-order valence-electron chi connectivity index (χ2n) is 7.87. The van der Waals surface area contributed by atoms with E-state index in [1.807, 2.05) is 24.3 Å². The number of carbonyl (C=O) groups is 1. The lowest BCUT2D eigenvalue weighted by Gasteiger charge is -2.31. The highest BCUT2D eigenvalue weighted by Gasteiger charge is 2.33. The fraction of sp³-hybridized carbons (Fsp3) is 0.318. The number of piperidine rings is 1. The topological polar surface area (TPSA) is 105 Å². The average molecular weight is 439 g/mol. The molecule has 1 unspecified atom stereocenters. The van der Waals surface area contributed by atoms with E-state index in [2.05, 4.69) is 14.7 Å². The zero-order chi connectivity index (χ0) is 21.6. The summed E-state index contributed by atoms with van der Waals surface area (Å²) in [5.41, 5.74) is 2.12. The van der Waals surface area contributed by atoms with E-state index in [0.717, 1.165) is 29.8 Å². The summed E-state index contributed by atoms with van der Waals surface area (Å²) in [6.07, 6.45) is 1.52. The van der Waals surface area contributed by atoms with Crippen LogP contribution in [0.15, 0.2) is 62.8 Å².